The van der Waals surface area contributed by atoms with Gasteiger partial charge in [-0.1, -0.05) is 40.5 Å². The maximum atomic E-state index is 12.6. The van der Waals surface area contributed by atoms with Gasteiger partial charge in [-0.3, -0.25) is 9.80 Å². The number of carboxylic acids is 1. The monoisotopic (exact) mass is 632 g/mol. The van der Waals surface area contributed by atoms with Gasteiger partial charge < -0.3 is 19.3 Å². The molecule has 0 aromatic heterocycles. The summed E-state index contributed by atoms with van der Waals surface area (Å²) in [5, 5.41) is 9.57. The first-order chi connectivity index (χ1) is 20.5. The van der Waals surface area contributed by atoms with Crippen molar-refractivity contribution in [1.82, 2.24) is 9.80 Å². The molecule has 6 fully saturated rings. The SMILES string of the molecule is CC(C)(C)OC(=O)N1C[C@]2(C[C@H]1C(=O)O)C(C)(C)C21CCC1.COC(=O)[C@@H]1C[C@@]2(CN1C(=O)OC(C)(C)C)C(C)(C)C21CCC1. The molecule has 2 heterocycles. The fraction of sp³-hybridized carbons (Fsp3) is 0.886. The van der Waals surface area contributed by atoms with E-state index >= 15 is 0 Å². The van der Waals surface area contributed by atoms with Crippen LogP contribution in [0.2, 0.25) is 0 Å². The zero-order valence-corrected chi connectivity index (χ0v) is 29.4. The molecule has 4 aliphatic carbocycles. The van der Waals surface area contributed by atoms with Crippen molar-refractivity contribution in [3.8, 4) is 0 Å². The zero-order chi connectivity index (χ0) is 33.8. The normalized spacial score (nSPS) is 34.0. The summed E-state index contributed by atoms with van der Waals surface area (Å²) in [7, 11) is 1.39. The van der Waals surface area contributed by atoms with Crippen LogP contribution in [0.15, 0.2) is 0 Å². The molecule has 10 nitrogen and oxygen atoms in total. The van der Waals surface area contributed by atoms with Crippen molar-refractivity contribution in [2.24, 2.45) is 32.5 Å². The molecule has 6 aliphatic rings. The van der Waals surface area contributed by atoms with Gasteiger partial charge in [-0.2, -0.15) is 0 Å². The van der Waals surface area contributed by atoms with Gasteiger partial charge in [0, 0.05) is 23.9 Å². The third-order valence-electron chi connectivity index (χ3n) is 13.6. The lowest BCUT2D eigenvalue weighted by Gasteiger charge is -2.32. The Morgan fingerprint density at radius 2 is 1.00 bits per heavy atom. The van der Waals surface area contributed by atoms with Crippen molar-refractivity contribution in [1.29, 1.82) is 0 Å². The number of carboxylic acid groups (broad SMARTS) is 1. The first-order valence-electron chi connectivity index (χ1n) is 16.8. The van der Waals surface area contributed by atoms with Crippen LogP contribution in [0.5, 0.6) is 0 Å². The quantitative estimate of drug-likeness (QED) is 0.266. The fourth-order valence-corrected chi connectivity index (χ4v) is 10.8. The van der Waals surface area contributed by atoms with Crippen molar-refractivity contribution < 1.29 is 38.5 Å². The van der Waals surface area contributed by atoms with Gasteiger partial charge in [0.05, 0.1) is 7.11 Å². The highest BCUT2D eigenvalue weighted by molar-refractivity contribution is 5.83. The minimum atomic E-state index is -0.917. The Kier molecular flexibility index (Phi) is 7.51. The van der Waals surface area contributed by atoms with Gasteiger partial charge in [0.25, 0.3) is 0 Å². The third-order valence-corrected chi connectivity index (χ3v) is 13.6. The maximum absolute atomic E-state index is 12.6. The number of nitrogens with zero attached hydrogens (tertiary/aromatic N) is 2. The highest BCUT2D eigenvalue weighted by Gasteiger charge is 2.86. The smallest absolute Gasteiger partial charge is 0.411 e. The second-order valence-electron chi connectivity index (χ2n) is 17.8. The molecule has 254 valence electrons. The maximum Gasteiger partial charge on any atom is 0.411 e. The third kappa shape index (κ3) is 4.53. The van der Waals surface area contributed by atoms with E-state index in [0.717, 1.165) is 12.8 Å². The molecule has 0 bridgehead atoms. The number of aliphatic carboxylic acids is 1. The Morgan fingerprint density at radius 1 is 0.644 bits per heavy atom. The summed E-state index contributed by atoms with van der Waals surface area (Å²) in [4.78, 5) is 52.1. The number of fused-ring (bicyclic) bond motifs is 2. The molecular formula is C35H56N2O8. The molecule has 4 atom stereocenters. The van der Waals surface area contributed by atoms with Crippen molar-refractivity contribution in [3.63, 3.8) is 0 Å². The van der Waals surface area contributed by atoms with Gasteiger partial charge in [0.1, 0.15) is 23.3 Å². The van der Waals surface area contributed by atoms with Crippen LogP contribution in [0.3, 0.4) is 0 Å². The number of rotatable bonds is 2. The molecule has 0 radical (unpaired) electrons. The van der Waals surface area contributed by atoms with E-state index in [1.54, 1.807) is 25.7 Å². The first-order valence-corrected chi connectivity index (χ1v) is 16.8. The lowest BCUT2D eigenvalue weighted by Crippen LogP contribution is -2.44. The Hall–Kier alpha value is -2.52. The van der Waals surface area contributed by atoms with Crippen LogP contribution < -0.4 is 0 Å². The number of amides is 2. The first kappa shape index (κ1) is 33.8. The minimum Gasteiger partial charge on any atom is -0.480 e. The van der Waals surface area contributed by atoms with Gasteiger partial charge in [0.15, 0.2) is 0 Å². The van der Waals surface area contributed by atoms with Crippen LogP contribution in [0, 0.1) is 32.5 Å². The number of carbonyl (C=O) groups is 4. The van der Waals surface area contributed by atoms with Gasteiger partial charge >= 0.3 is 24.1 Å². The Labute approximate surface area is 268 Å². The van der Waals surface area contributed by atoms with Crippen LogP contribution in [0.25, 0.3) is 0 Å². The fourth-order valence-electron chi connectivity index (χ4n) is 10.8. The van der Waals surface area contributed by atoms with Crippen LogP contribution >= 0.6 is 0 Å². The molecule has 4 spiro atoms. The number of methoxy groups -OCH3 is 1. The number of esters is 1. The lowest BCUT2D eigenvalue weighted by molar-refractivity contribution is -0.145. The number of hydrogen-bond donors (Lipinski definition) is 1. The highest BCUT2D eigenvalue weighted by atomic mass is 16.6. The van der Waals surface area contributed by atoms with Crippen molar-refractivity contribution in [3.05, 3.63) is 0 Å². The Balaban J connectivity index is 0.000000178. The number of likely N-dealkylation sites (tertiary alicyclic amines) is 2. The molecule has 2 saturated heterocycles. The van der Waals surface area contributed by atoms with Gasteiger partial charge in [-0.25, -0.2) is 19.2 Å². The summed E-state index contributed by atoms with van der Waals surface area (Å²) in [6.45, 7) is 21.1. The zero-order valence-electron chi connectivity index (χ0n) is 29.4. The molecule has 0 aromatic carbocycles. The summed E-state index contributed by atoms with van der Waals surface area (Å²) in [5.41, 5.74) is -0.367. The van der Waals surface area contributed by atoms with E-state index in [1.807, 2.05) is 20.8 Å². The predicted molar refractivity (Wildman–Crippen MR) is 167 cm³/mol. The number of ether oxygens (including phenoxy) is 3. The molecule has 45 heavy (non-hydrogen) atoms. The highest BCUT2D eigenvalue weighted by Crippen LogP contribution is 2.89. The largest absolute Gasteiger partial charge is 0.480 e. The van der Waals surface area contributed by atoms with E-state index < -0.39 is 41.4 Å². The van der Waals surface area contributed by atoms with E-state index in [4.69, 9.17) is 14.2 Å². The average Bonchev–Trinajstić information content (AvgIpc) is 3.22. The Morgan fingerprint density at radius 3 is 1.27 bits per heavy atom. The van der Waals surface area contributed by atoms with Crippen LogP contribution in [-0.4, -0.2) is 82.5 Å². The lowest BCUT2D eigenvalue weighted by atomic mass is 9.73. The average molecular weight is 633 g/mol. The molecule has 6 rings (SSSR count). The van der Waals surface area contributed by atoms with Gasteiger partial charge in [-0.15, -0.1) is 0 Å². The van der Waals surface area contributed by atoms with E-state index in [-0.39, 0.29) is 33.0 Å². The molecule has 4 saturated carbocycles. The van der Waals surface area contributed by atoms with Gasteiger partial charge in [0.2, 0.25) is 0 Å². The molecule has 10 heteroatoms. The van der Waals surface area contributed by atoms with E-state index in [2.05, 4.69) is 27.7 Å². The molecule has 0 unspecified atom stereocenters. The number of hydrogen-bond acceptors (Lipinski definition) is 7. The second kappa shape index (κ2) is 9.99. The van der Waals surface area contributed by atoms with E-state index in [0.29, 0.717) is 31.3 Å². The van der Waals surface area contributed by atoms with Crippen LogP contribution in [-0.2, 0) is 23.8 Å². The summed E-state index contributed by atoms with van der Waals surface area (Å²) >= 11 is 0. The summed E-state index contributed by atoms with van der Waals surface area (Å²) < 4.78 is 15.9. The van der Waals surface area contributed by atoms with E-state index in [1.165, 1.54) is 37.7 Å². The summed E-state index contributed by atoms with van der Waals surface area (Å²) in [6.07, 6.45) is 7.57. The molecule has 1 N–H and O–H groups in total. The minimum absolute atomic E-state index is 0.0357. The van der Waals surface area contributed by atoms with Crippen molar-refractivity contribution >= 4 is 24.1 Å². The van der Waals surface area contributed by atoms with Crippen LogP contribution in [0.4, 0.5) is 9.59 Å². The summed E-state index contributed by atoms with van der Waals surface area (Å²) in [6, 6.07) is -1.27. The van der Waals surface area contributed by atoms with Crippen molar-refractivity contribution in [2.75, 3.05) is 20.2 Å². The topological polar surface area (TPSA) is 123 Å². The molecule has 0 aromatic rings. The van der Waals surface area contributed by atoms with Crippen molar-refractivity contribution in [2.45, 2.75) is 144 Å². The number of carbonyl (C=O) groups excluding carboxylic acids is 3. The summed E-state index contributed by atoms with van der Waals surface area (Å²) in [5.74, 6) is -1.25. The molecular weight excluding hydrogens is 576 g/mol. The molecule has 2 amide bonds. The Bertz CT molecular complexity index is 1270. The van der Waals surface area contributed by atoms with Gasteiger partial charge in [-0.05, 0) is 102 Å². The standard InChI is InChI=1S/C18H29NO4.C17H27NO4/c1-15(2,3)23-14(21)19-11-18(10-12(19)13(20)22-6)16(4,5)17(18)8-7-9-17;1-14(2,3)22-13(21)18-10-17(9-11(18)12(19)20)15(4,5)16(17)7-6-8-16/h12H,7-11H2,1-6H3;11H,6-10H2,1-5H3,(H,19,20)/t12-,18+;11-,17+/m00/s1. The van der Waals surface area contributed by atoms with E-state index in [9.17, 15) is 24.3 Å². The van der Waals surface area contributed by atoms with Crippen LogP contribution in [0.1, 0.15) is 121 Å². The second-order valence-corrected chi connectivity index (χ2v) is 17.8. The molecule has 2 aliphatic heterocycles. The predicted octanol–water partition coefficient (Wildman–Crippen LogP) is 6.64.